The van der Waals surface area contributed by atoms with Crippen molar-refractivity contribution < 1.29 is 14.3 Å². The number of hydrogen-bond donors (Lipinski definition) is 1. The maximum absolute atomic E-state index is 11.9. The fourth-order valence-electron chi connectivity index (χ4n) is 2.08. The second kappa shape index (κ2) is 8.98. The number of nitrogens with one attached hydrogen (secondary N) is 1. The second-order valence-corrected chi connectivity index (χ2v) is 5.95. The molecule has 0 atom stereocenters. The fourth-order valence-corrected chi connectivity index (χ4v) is 2.90. The van der Waals surface area contributed by atoms with E-state index in [0.29, 0.717) is 17.3 Å². The first kappa shape index (κ1) is 17.9. The van der Waals surface area contributed by atoms with Crippen molar-refractivity contribution in [2.24, 2.45) is 5.10 Å². The summed E-state index contributed by atoms with van der Waals surface area (Å²) in [5, 5.41) is 3.99. The van der Waals surface area contributed by atoms with E-state index in [4.69, 9.17) is 9.47 Å². The third kappa shape index (κ3) is 4.76. The van der Waals surface area contributed by atoms with Crippen LogP contribution in [0.3, 0.4) is 0 Å². The zero-order valence-corrected chi connectivity index (χ0v) is 14.7. The summed E-state index contributed by atoms with van der Waals surface area (Å²) < 4.78 is 10.5. The zero-order chi connectivity index (χ0) is 17.4. The van der Waals surface area contributed by atoms with E-state index in [2.05, 4.69) is 10.5 Å². The summed E-state index contributed by atoms with van der Waals surface area (Å²) >= 11 is 1.48. The van der Waals surface area contributed by atoms with Crippen LogP contribution in [0.5, 0.6) is 11.5 Å². The average Bonchev–Trinajstić information content (AvgIpc) is 2.60. The van der Waals surface area contributed by atoms with Crippen LogP contribution < -0.4 is 14.9 Å². The molecule has 2 aromatic rings. The van der Waals surface area contributed by atoms with Crippen molar-refractivity contribution in [2.45, 2.75) is 11.8 Å². The fraction of sp³-hybridized carbons (Fsp3) is 0.222. The third-order valence-electron chi connectivity index (χ3n) is 3.28. The number of rotatable bonds is 7. The largest absolute Gasteiger partial charge is 0.493 e. The van der Waals surface area contributed by atoms with Gasteiger partial charge in [0, 0.05) is 10.5 Å². The smallest absolute Gasteiger partial charge is 0.250 e. The Morgan fingerprint density at radius 2 is 1.96 bits per heavy atom. The second-order valence-electron chi connectivity index (χ2n) is 4.93. The van der Waals surface area contributed by atoms with E-state index < -0.39 is 0 Å². The molecule has 0 aromatic heterocycles. The standard InChI is InChI=1S/C18H20N2O3S/c1-13-7-4-5-10-16(13)24-12-17(21)20-19-11-14-8-6-9-15(22-2)18(14)23-3/h4-11H,12H2,1-3H3,(H,20,21)/b19-11-. The number of para-hydroxylation sites is 1. The minimum absolute atomic E-state index is 0.165. The van der Waals surface area contributed by atoms with Crippen molar-refractivity contribution in [3.05, 3.63) is 53.6 Å². The zero-order valence-electron chi connectivity index (χ0n) is 13.9. The number of benzene rings is 2. The van der Waals surface area contributed by atoms with E-state index in [1.165, 1.54) is 18.0 Å². The summed E-state index contributed by atoms with van der Waals surface area (Å²) in [5.41, 5.74) is 4.40. The summed E-state index contributed by atoms with van der Waals surface area (Å²) in [4.78, 5) is 13.0. The van der Waals surface area contributed by atoms with Crippen LogP contribution >= 0.6 is 11.8 Å². The van der Waals surface area contributed by atoms with Crippen LogP contribution in [0.1, 0.15) is 11.1 Å². The molecular weight excluding hydrogens is 324 g/mol. The van der Waals surface area contributed by atoms with Gasteiger partial charge in [0.05, 0.1) is 26.2 Å². The molecule has 0 radical (unpaired) electrons. The summed E-state index contributed by atoms with van der Waals surface area (Å²) in [6, 6.07) is 13.4. The first-order chi connectivity index (χ1) is 11.7. The Hall–Kier alpha value is -2.47. The van der Waals surface area contributed by atoms with Crippen molar-refractivity contribution in [1.82, 2.24) is 5.43 Å². The maximum Gasteiger partial charge on any atom is 0.250 e. The predicted molar refractivity (Wildman–Crippen MR) is 97.2 cm³/mol. The lowest BCUT2D eigenvalue weighted by Crippen LogP contribution is -2.19. The van der Waals surface area contributed by atoms with E-state index in [1.54, 1.807) is 20.3 Å². The topological polar surface area (TPSA) is 59.9 Å². The van der Waals surface area contributed by atoms with Gasteiger partial charge in [0.1, 0.15) is 0 Å². The molecule has 0 unspecified atom stereocenters. The number of nitrogens with zero attached hydrogens (tertiary/aromatic N) is 1. The van der Waals surface area contributed by atoms with Crippen LogP contribution in [-0.4, -0.2) is 32.1 Å². The van der Waals surface area contributed by atoms with Crippen LogP contribution in [0.15, 0.2) is 52.5 Å². The lowest BCUT2D eigenvalue weighted by atomic mass is 10.2. The van der Waals surface area contributed by atoms with Crippen LogP contribution in [0.2, 0.25) is 0 Å². The third-order valence-corrected chi connectivity index (χ3v) is 4.45. The lowest BCUT2D eigenvalue weighted by Gasteiger charge is -2.09. The van der Waals surface area contributed by atoms with Crippen molar-refractivity contribution in [3.63, 3.8) is 0 Å². The number of hydrogen-bond acceptors (Lipinski definition) is 5. The first-order valence-corrected chi connectivity index (χ1v) is 8.35. The van der Waals surface area contributed by atoms with Crippen molar-refractivity contribution in [2.75, 3.05) is 20.0 Å². The van der Waals surface area contributed by atoms with Gasteiger partial charge in [-0.3, -0.25) is 4.79 Å². The monoisotopic (exact) mass is 344 g/mol. The highest BCUT2D eigenvalue weighted by molar-refractivity contribution is 8.00. The average molecular weight is 344 g/mol. The molecule has 0 heterocycles. The molecule has 0 aliphatic heterocycles. The molecule has 6 heteroatoms. The Morgan fingerprint density at radius 1 is 1.17 bits per heavy atom. The molecule has 0 aliphatic carbocycles. The Bertz CT molecular complexity index is 732. The normalized spacial score (nSPS) is 10.6. The van der Waals surface area contributed by atoms with Gasteiger partial charge in [-0.15, -0.1) is 11.8 Å². The number of thioether (sulfide) groups is 1. The summed E-state index contributed by atoms with van der Waals surface area (Å²) in [5.74, 6) is 1.33. The van der Waals surface area contributed by atoms with Gasteiger partial charge in [-0.05, 0) is 30.7 Å². The van der Waals surface area contributed by atoms with E-state index in [1.807, 2.05) is 43.3 Å². The minimum atomic E-state index is -0.165. The molecule has 1 amide bonds. The van der Waals surface area contributed by atoms with E-state index in [-0.39, 0.29) is 5.91 Å². The number of aryl methyl sites for hydroxylation is 1. The van der Waals surface area contributed by atoms with Gasteiger partial charge in [-0.25, -0.2) is 5.43 Å². The number of hydrazone groups is 1. The van der Waals surface area contributed by atoms with Crippen LogP contribution in [0, 0.1) is 6.92 Å². The summed E-state index contributed by atoms with van der Waals surface area (Å²) in [6.45, 7) is 2.02. The molecule has 0 saturated heterocycles. The molecule has 0 bridgehead atoms. The molecule has 0 aliphatic rings. The molecule has 5 nitrogen and oxygen atoms in total. The number of carbonyl (C=O) groups excluding carboxylic acids is 1. The number of methoxy groups -OCH3 is 2. The van der Waals surface area contributed by atoms with Gasteiger partial charge in [0.2, 0.25) is 5.91 Å². The van der Waals surface area contributed by atoms with Gasteiger partial charge in [-0.2, -0.15) is 5.10 Å². The SMILES string of the molecule is COc1cccc(/C=N\NC(=O)CSc2ccccc2C)c1OC. The predicted octanol–water partition coefficient (Wildman–Crippen LogP) is 3.25. The molecule has 24 heavy (non-hydrogen) atoms. The Kier molecular flexibility index (Phi) is 6.69. The van der Waals surface area contributed by atoms with E-state index in [0.717, 1.165) is 16.0 Å². The van der Waals surface area contributed by atoms with E-state index >= 15 is 0 Å². The molecule has 126 valence electrons. The van der Waals surface area contributed by atoms with Gasteiger partial charge in [-0.1, -0.05) is 24.3 Å². The quantitative estimate of drug-likeness (QED) is 0.476. The van der Waals surface area contributed by atoms with Crippen molar-refractivity contribution in [3.8, 4) is 11.5 Å². The summed E-state index contributed by atoms with van der Waals surface area (Å²) in [7, 11) is 3.13. The molecule has 0 spiro atoms. The highest BCUT2D eigenvalue weighted by Crippen LogP contribution is 2.29. The molecule has 0 saturated carbocycles. The Labute approximate surface area is 146 Å². The van der Waals surface area contributed by atoms with Crippen LogP contribution in [0.4, 0.5) is 0 Å². The highest BCUT2D eigenvalue weighted by Gasteiger charge is 2.08. The summed E-state index contributed by atoms with van der Waals surface area (Å²) in [6.07, 6.45) is 1.54. The molecular formula is C18H20N2O3S. The van der Waals surface area contributed by atoms with Gasteiger partial charge in [0.25, 0.3) is 0 Å². The van der Waals surface area contributed by atoms with E-state index in [9.17, 15) is 4.79 Å². The lowest BCUT2D eigenvalue weighted by molar-refractivity contribution is -0.118. The van der Waals surface area contributed by atoms with Gasteiger partial charge < -0.3 is 9.47 Å². The number of amides is 1. The Balaban J connectivity index is 1.92. The molecule has 1 N–H and O–H groups in total. The maximum atomic E-state index is 11.9. The number of ether oxygens (including phenoxy) is 2. The Morgan fingerprint density at radius 3 is 2.67 bits per heavy atom. The molecule has 0 fully saturated rings. The number of carbonyl (C=O) groups is 1. The van der Waals surface area contributed by atoms with Crippen molar-refractivity contribution >= 4 is 23.9 Å². The first-order valence-electron chi connectivity index (χ1n) is 7.37. The molecule has 2 aromatic carbocycles. The molecule has 2 rings (SSSR count). The van der Waals surface area contributed by atoms with Gasteiger partial charge >= 0.3 is 0 Å². The van der Waals surface area contributed by atoms with Crippen LogP contribution in [-0.2, 0) is 4.79 Å². The van der Waals surface area contributed by atoms with Gasteiger partial charge in [0.15, 0.2) is 11.5 Å². The minimum Gasteiger partial charge on any atom is -0.493 e. The van der Waals surface area contributed by atoms with Crippen molar-refractivity contribution in [1.29, 1.82) is 0 Å². The van der Waals surface area contributed by atoms with Crippen LogP contribution in [0.25, 0.3) is 0 Å². The highest BCUT2D eigenvalue weighted by atomic mass is 32.2.